The third-order valence-corrected chi connectivity index (χ3v) is 4.23. The molecule has 6 heteroatoms. The zero-order valence-corrected chi connectivity index (χ0v) is 14.3. The number of rotatable bonds is 4. The number of methoxy groups -OCH3 is 2. The Hall–Kier alpha value is -2.34. The fraction of sp³-hybridized carbons (Fsp3) is 0.176. The van der Waals surface area contributed by atoms with E-state index in [0.717, 1.165) is 21.1 Å². The number of nitrogens with zero attached hydrogens (tertiary/aromatic N) is 1. The van der Waals surface area contributed by atoms with Crippen LogP contribution in [0.15, 0.2) is 45.7 Å². The monoisotopic (exact) mass is 374 g/mol. The van der Waals surface area contributed by atoms with Crippen molar-refractivity contribution in [1.82, 2.24) is 10.2 Å². The third kappa shape index (κ3) is 2.94. The number of nitrogens with one attached hydrogen (secondary N) is 1. The van der Waals surface area contributed by atoms with E-state index in [9.17, 15) is 4.79 Å². The molecule has 0 saturated carbocycles. The van der Waals surface area contributed by atoms with Crippen LogP contribution in [0.5, 0.6) is 11.5 Å². The molecule has 5 nitrogen and oxygen atoms in total. The summed E-state index contributed by atoms with van der Waals surface area (Å²) in [5.74, 6) is 1.29. The van der Waals surface area contributed by atoms with Gasteiger partial charge in [-0.25, -0.2) is 5.10 Å². The second-order valence-corrected chi connectivity index (χ2v) is 5.89. The third-order valence-electron chi connectivity index (χ3n) is 3.64. The van der Waals surface area contributed by atoms with Crippen LogP contribution in [-0.2, 0) is 6.42 Å². The van der Waals surface area contributed by atoms with Crippen LogP contribution in [0.3, 0.4) is 0 Å². The van der Waals surface area contributed by atoms with Crippen molar-refractivity contribution in [2.45, 2.75) is 6.42 Å². The van der Waals surface area contributed by atoms with Gasteiger partial charge in [0, 0.05) is 11.8 Å². The van der Waals surface area contributed by atoms with Crippen molar-refractivity contribution in [3.05, 3.63) is 62.5 Å². The van der Waals surface area contributed by atoms with Crippen molar-refractivity contribution < 1.29 is 9.47 Å². The van der Waals surface area contributed by atoms with Crippen LogP contribution < -0.4 is 15.0 Å². The van der Waals surface area contributed by atoms with Crippen molar-refractivity contribution in [2.24, 2.45) is 0 Å². The predicted molar refractivity (Wildman–Crippen MR) is 92.4 cm³/mol. The number of ether oxygens (including phenoxy) is 2. The number of hydrogen-bond acceptors (Lipinski definition) is 4. The molecule has 1 heterocycles. The molecule has 118 valence electrons. The topological polar surface area (TPSA) is 64.2 Å². The van der Waals surface area contributed by atoms with Gasteiger partial charge < -0.3 is 9.47 Å². The summed E-state index contributed by atoms with van der Waals surface area (Å²) in [5.41, 5.74) is 1.62. The Morgan fingerprint density at radius 1 is 1.13 bits per heavy atom. The molecule has 0 fully saturated rings. The molecule has 0 aliphatic rings. The van der Waals surface area contributed by atoms with Crippen molar-refractivity contribution in [1.29, 1.82) is 0 Å². The zero-order valence-electron chi connectivity index (χ0n) is 12.7. The minimum atomic E-state index is -0.183. The lowest BCUT2D eigenvalue weighted by molar-refractivity contribution is 0.352. The Labute approximate surface area is 141 Å². The molecule has 0 amide bonds. The molecule has 1 N–H and O–H groups in total. The molecule has 0 aliphatic heterocycles. The first kappa shape index (κ1) is 15.6. The summed E-state index contributed by atoms with van der Waals surface area (Å²) in [6, 6.07) is 11.3. The molecule has 2 aromatic carbocycles. The van der Waals surface area contributed by atoms with Crippen LogP contribution >= 0.6 is 15.9 Å². The largest absolute Gasteiger partial charge is 0.493 e. The van der Waals surface area contributed by atoms with Crippen LogP contribution in [0.1, 0.15) is 11.3 Å². The first-order valence-electron chi connectivity index (χ1n) is 7.00. The standard InChI is InChI=1S/C17H15BrN2O3/c1-22-15-9-10(7-13(18)16(15)23-2)8-14-11-5-3-4-6-12(11)17(21)20-19-14/h3-7,9H,8H2,1-2H3,(H,20,21). The number of H-pyrrole nitrogens is 1. The highest BCUT2D eigenvalue weighted by molar-refractivity contribution is 9.10. The lowest BCUT2D eigenvalue weighted by Crippen LogP contribution is -2.11. The minimum Gasteiger partial charge on any atom is -0.493 e. The SMILES string of the molecule is COc1cc(Cc2n[nH]c(=O)c3ccccc23)cc(Br)c1OC. The Balaban J connectivity index is 2.08. The molecular weight excluding hydrogens is 360 g/mol. The molecule has 3 aromatic rings. The fourth-order valence-corrected chi connectivity index (χ4v) is 3.22. The minimum absolute atomic E-state index is 0.183. The highest BCUT2D eigenvalue weighted by atomic mass is 79.9. The van der Waals surface area contributed by atoms with E-state index in [0.29, 0.717) is 23.3 Å². The summed E-state index contributed by atoms with van der Waals surface area (Å²) < 4.78 is 11.5. The maximum absolute atomic E-state index is 11.9. The molecule has 0 saturated heterocycles. The molecule has 23 heavy (non-hydrogen) atoms. The van der Waals surface area contributed by atoms with Crippen LogP contribution in [0, 0.1) is 0 Å². The van der Waals surface area contributed by atoms with Crippen molar-refractivity contribution in [3.8, 4) is 11.5 Å². The highest BCUT2D eigenvalue weighted by Gasteiger charge is 2.13. The van der Waals surface area contributed by atoms with Gasteiger partial charge in [-0.3, -0.25) is 4.79 Å². The molecule has 0 bridgehead atoms. The highest BCUT2D eigenvalue weighted by Crippen LogP contribution is 2.36. The van der Waals surface area contributed by atoms with E-state index in [4.69, 9.17) is 9.47 Å². The number of benzene rings is 2. The number of aromatic amines is 1. The zero-order chi connectivity index (χ0) is 16.4. The van der Waals surface area contributed by atoms with E-state index in [1.807, 2.05) is 30.3 Å². The van der Waals surface area contributed by atoms with Crippen molar-refractivity contribution in [3.63, 3.8) is 0 Å². The molecule has 0 spiro atoms. The molecule has 0 atom stereocenters. The van der Waals surface area contributed by atoms with Gasteiger partial charge in [-0.1, -0.05) is 18.2 Å². The Morgan fingerprint density at radius 2 is 1.87 bits per heavy atom. The van der Waals surface area contributed by atoms with Gasteiger partial charge in [0.25, 0.3) is 5.56 Å². The smallest absolute Gasteiger partial charge is 0.272 e. The summed E-state index contributed by atoms with van der Waals surface area (Å²) in [7, 11) is 3.20. The van der Waals surface area contributed by atoms with Gasteiger partial charge in [-0.2, -0.15) is 5.10 Å². The van der Waals surface area contributed by atoms with Gasteiger partial charge in [0.2, 0.25) is 0 Å². The van der Waals surface area contributed by atoms with Gasteiger partial charge in [-0.15, -0.1) is 0 Å². The van der Waals surface area contributed by atoms with Crippen LogP contribution in [0.2, 0.25) is 0 Å². The number of aromatic nitrogens is 2. The summed E-state index contributed by atoms with van der Waals surface area (Å²) in [6.07, 6.45) is 0.566. The average Bonchev–Trinajstić information content (AvgIpc) is 2.57. The Morgan fingerprint density at radius 3 is 2.57 bits per heavy atom. The Bertz CT molecular complexity index is 921. The van der Waals surface area contributed by atoms with Gasteiger partial charge in [-0.05, 0) is 39.7 Å². The van der Waals surface area contributed by atoms with E-state index in [1.54, 1.807) is 20.3 Å². The van der Waals surface area contributed by atoms with Crippen LogP contribution in [-0.4, -0.2) is 24.4 Å². The Kier molecular flexibility index (Phi) is 4.34. The number of halogens is 1. The van der Waals surface area contributed by atoms with Crippen LogP contribution in [0.4, 0.5) is 0 Å². The molecule has 0 aliphatic carbocycles. The maximum atomic E-state index is 11.9. The fourth-order valence-electron chi connectivity index (χ4n) is 2.57. The maximum Gasteiger partial charge on any atom is 0.272 e. The van der Waals surface area contributed by atoms with E-state index in [2.05, 4.69) is 26.1 Å². The first-order valence-corrected chi connectivity index (χ1v) is 7.80. The number of hydrogen-bond donors (Lipinski definition) is 1. The van der Waals surface area contributed by atoms with Gasteiger partial charge in [0.05, 0.1) is 29.8 Å². The normalized spacial score (nSPS) is 10.7. The van der Waals surface area contributed by atoms with Crippen molar-refractivity contribution >= 4 is 26.7 Å². The number of fused-ring (bicyclic) bond motifs is 1. The second kappa shape index (κ2) is 6.42. The molecule has 1 aromatic heterocycles. The summed E-state index contributed by atoms with van der Waals surface area (Å²) in [4.78, 5) is 11.9. The lowest BCUT2D eigenvalue weighted by atomic mass is 10.0. The summed E-state index contributed by atoms with van der Waals surface area (Å²) in [5, 5.41) is 8.25. The van der Waals surface area contributed by atoms with Gasteiger partial charge in [0.1, 0.15) is 0 Å². The average molecular weight is 375 g/mol. The molecule has 3 rings (SSSR count). The quantitative estimate of drug-likeness (QED) is 0.760. The van der Waals surface area contributed by atoms with Crippen molar-refractivity contribution in [2.75, 3.05) is 14.2 Å². The van der Waals surface area contributed by atoms with E-state index >= 15 is 0 Å². The second-order valence-electron chi connectivity index (χ2n) is 5.03. The summed E-state index contributed by atoms with van der Waals surface area (Å²) >= 11 is 3.49. The van der Waals surface area contributed by atoms with Crippen LogP contribution in [0.25, 0.3) is 10.8 Å². The summed E-state index contributed by atoms with van der Waals surface area (Å²) in [6.45, 7) is 0. The van der Waals surface area contributed by atoms with Gasteiger partial charge >= 0.3 is 0 Å². The van der Waals surface area contributed by atoms with E-state index in [-0.39, 0.29) is 5.56 Å². The van der Waals surface area contributed by atoms with E-state index < -0.39 is 0 Å². The lowest BCUT2D eigenvalue weighted by Gasteiger charge is -2.12. The van der Waals surface area contributed by atoms with Gasteiger partial charge in [0.15, 0.2) is 11.5 Å². The molecule has 0 unspecified atom stereocenters. The van der Waals surface area contributed by atoms with E-state index in [1.165, 1.54) is 0 Å². The predicted octanol–water partition coefficient (Wildman–Crippen LogP) is 3.29. The molecular formula is C17H15BrN2O3. The molecule has 0 radical (unpaired) electrons. The first-order chi connectivity index (χ1) is 11.1.